The van der Waals surface area contributed by atoms with Crippen molar-refractivity contribution in [1.82, 2.24) is 0 Å². The van der Waals surface area contributed by atoms with Crippen LogP contribution < -0.4 is 0 Å². The fourth-order valence-corrected chi connectivity index (χ4v) is 1.67. The van der Waals surface area contributed by atoms with Crippen LogP contribution in [0.3, 0.4) is 0 Å². The summed E-state index contributed by atoms with van der Waals surface area (Å²) in [4.78, 5) is 0. The largest absolute Gasteiger partial charge is 0.237 e. The summed E-state index contributed by atoms with van der Waals surface area (Å²) >= 11 is 0. The Morgan fingerprint density at radius 3 is 1.91 bits per heavy atom. The molecule has 0 aliphatic carbocycles. The molecule has 0 aromatic heterocycles. The van der Waals surface area contributed by atoms with E-state index in [0.717, 1.165) is 0 Å². The van der Waals surface area contributed by atoms with Crippen molar-refractivity contribution < 1.29 is 13.5 Å². The molecular weight excluding hydrogens is 164 g/mol. The molecule has 0 heterocycles. The van der Waals surface area contributed by atoms with Gasteiger partial charge in [0.15, 0.2) is 9.84 Å². The van der Waals surface area contributed by atoms with Crippen molar-refractivity contribution in [1.29, 1.82) is 0 Å². The van der Waals surface area contributed by atoms with Gasteiger partial charge >= 0.3 is 0 Å². The van der Waals surface area contributed by atoms with Gasteiger partial charge < -0.3 is 0 Å². The van der Waals surface area contributed by atoms with Crippen LogP contribution in [0.1, 0.15) is 27.2 Å². The Morgan fingerprint density at radius 1 is 1.18 bits per heavy atom. The first-order valence-electron chi connectivity index (χ1n) is 3.61. The Balaban J connectivity index is 4.26. The lowest BCUT2D eigenvalue weighted by Crippen LogP contribution is -2.30. The smallest absolute Gasteiger partial charge is 0.155 e. The lowest BCUT2D eigenvalue weighted by atomic mass is 10.3. The van der Waals surface area contributed by atoms with Crippen LogP contribution in [0.4, 0.5) is 0 Å². The molecule has 0 spiro atoms. The third-order valence-corrected chi connectivity index (χ3v) is 4.18. The molecule has 11 heavy (non-hydrogen) atoms. The van der Waals surface area contributed by atoms with Gasteiger partial charge in [-0.3, -0.25) is 0 Å². The van der Waals surface area contributed by atoms with Gasteiger partial charge in [0.2, 0.25) is 0 Å². The highest BCUT2D eigenvalue weighted by atomic mass is 32.2. The SMILES string of the molecule is CC(C)(C)S(=O)(=O)CCC[O]. The van der Waals surface area contributed by atoms with Gasteiger partial charge in [-0.2, -0.15) is 0 Å². The maximum absolute atomic E-state index is 11.3. The van der Waals surface area contributed by atoms with E-state index in [2.05, 4.69) is 0 Å². The Labute approximate surface area is 68.3 Å². The van der Waals surface area contributed by atoms with Crippen molar-refractivity contribution >= 4 is 9.84 Å². The third-order valence-electron chi connectivity index (χ3n) is 1.49. The van der Waals surface area contributed by atoms with Gasteiger partial charge in [-0.15, -0.1) is 0 Å². The zero-order valence-electron chi connectivity index (χ0n) is 7.25. The minimum atomic E-state index is -3.06. The summed E-state index contributed by atoms with van der Waals surface area (Å²) < 4.78 is 21.8. The molecule has 0 atom stereocenters. The lowest BCUT2D eigenvalue weighted by Gasteiger charge is -2.18. The van der Waals surface area contributed by atoms with Gasteiger partial charge in [-0.05, 0) is 27.2 Å². The fourth-order valence-electron chi connectivity index (χ4n) is 0.555. The Hall–Kier alpha value is -0.0900. The van der Waals surface area contributed by atoms with Gasteiger partial charge in [0, 0.05) is 0 Å². The van der Waals surface area contributed by atoms with Crippen molar-refractivity contribution in [2.75, 3.05) is 12.4 Å². The zero-order valence-corrected chi connectivity index (χ0v) is 8.07. The van der Waals surface area contributed by atoms with E-state index < -0.39 is 14.6 Å². The molecule has 3 nitrogen and oxygen atoms in total. The van der Waals surface area contributed by atoms with Gasteiger partial charge in [-0.25, -0.2) is 13.5 Å². The van der Waals surface area contributed by atoms with E-state index in [9.17, 15) is 13.5 Å². The van der Waals surface area contributed by atoms with Crippen molar-refractivity contribution in [3.63, 3.8) is 0 Å². The molecule has 0 N–H and O–H groups in total. The maximum atomic E-state index is 11.3. The van der Waals surface area contributed by atoms with Gasteiger partial charge in [0.25, 0.3) is 0 Å². The molecular formula is C7H15O3S. The molecule has 0 rings (SSSR count). The van der Waals surface area contributed by atoms with Crippen molar-refractivity contribution in [3.05, 3.63) is 0 Å². The zero-order chi connectivity index (χ0) is 9.12. The maximum Gasteiger partial charge on any atom is 0.155 e. The monoisotopic (exact) mass is 179 g/mol. The lowest BCUT2D eigenvalue weighted by molar-refractivity contribution is 0.194. The molecule has 0 unspecified atom stereocenters. The summed E-state index contributed by atoms with van der Waals surface area (Å²) in [5.74, 6) is 0.0139. The summed E-state index contributed by atoms with van der Waals surface area (Å²) in [5.41, 5.74) is 0. The number of hydrogen-bond donors (Lipinski definition) is 0. The molecule has 0 bridgehead atoms. The first-order valence-corrected chi connectivity index (χ1v) is 5.27. The normalized spacial score (nSPS) is 13.5. The van der Waals surface area contributed by atoms with Crippen LogP contribution in [-0.2, 0) is 14.9 Å². The number of rotatable bonds is 3. The predicted octanol–water partition coefficient (Wildman–Crippen LogP) is 1.02. The van der Waals surface area contributed by atoms with Crippen molar-refractivity contribution in [2.24, 2.45) is 0 Å². The second-order valence-corrected chi connectivity index (χ2v) is 6.35. The Bertz CT molecular complexity index is 198. The van der Waals surface area contributed by atoms with E-state index >= 15 is 0 Å². The van der Waals surface area contributed by atoms with Crippen LogP contribution in [-0.4, -0.2) is 25.5 Å². The molecule has 0 saturated carbocycles. The number of hydrogen-bond acceptors (Lipinski definition) is 2. The summed E-state index contributed by atoms with van der Waals surface area (Å²) in [6, 6.07) is 0. The topological polar surface area (TPSA) is 54.0 Å². The molecule has 0 aliphatic heterocycles. The molecule has 0 saturated heterocycles. The van der Waals surface area contributed by atoms with Crippen molar-refractivity contribution in [3.8, 4) is 0 Å². The average Bonchev–Trinajstić information content (AvgIpc) is 1.81. The van der Waals surface area contributed by atoms with Crippen molar-refractivity contribution in [2.45, 2.75) is 31.9 Å². The minimum absolute atomic E-state index is 0.0139. The standard InChI is InChI=1S/C7H15O3S/c1-7(2,3)11(9,10)6-4-5-8/h4-6H2,1-3H3. The molecule has 1 radical (unpaired) electrons. The quantitative estimate of drug-likeness (QED) is 0.649. The molecule has 4 heteroatoms. The highest BCUT2D eigenvalue weighted by molar-refractivity contribution is 7.92. The van der Waals surface area contributed by atoms with Crippen LogP contribution in [0.2, 0.25) is 0 Å². The highest BCUT2D eigenvalue weighted by Gasteiger charge is 2.27. The Morgan fingerprint density at radius 2 is 1.64 bits per heavy atom. The Kier molecular flexibility index (Phi) is 3.51. The fraction of sp³-hybridized carbons (Fsp3) is 1.00. The van der Waals surface area contributed by atoms with Crippen LogP contribution in [0.25, 0.3) is 0 Å². The first-order chi connectivity index (χ1) is 4.81. The van der Waals surface area contributed by atoms with Crippen LogP contribution in [0, 0.1) is 0 Å². The predicted molar refractivity (Wildman–Crippen MR) is 43.7 cm³/mol. The molecule has 0 aliphatic rings. The van der Waals surface area contributed by atoms with E-state index in [1.807, 2.05) is 0 Å². The van der Waals surface area contributed by atoms with E-state index in [-0.39, 0.29) is 18.8 Å². The molecule has 0 amide bonds. The second kappa shape index (κ2) is 3.54. The van der Waals surface area contributed by atoms with Crippen LogP contribution >= 0.6 is 0 Å². The van der Waals surface area contributed by atoms with Gasteiger partial charge in [0.1, 0.15) is 0 Å². The summed E-state index contributed by atoms with van der Waals surface area (Å²) in [7, 11) is -3.06. The van der Waals surface area contributed by atoms with E-state index in [0.29, 0.717) is 0 Å². The number of sulfone groups is 1. The summed E-state index contributed by atoms with van der Waals surface area (Å²) in [6.07, 6.45) is 0.222. The summed E-state index contributed by atoms with van der Waals surface area (Å²) in [5, 5.41) is 10.0. The molecule has 0 aromatic carbocycles. The van der Waals surface area contributed by atoms with E-state index in [1.165, 1.54) is 0 Å². The summed E-state index contributed by atoms with van der Waals surface area (Å²) in [6.45, 7) is 4.63. The third kappa shape index (κ3) is 3.20. The highest BCUT2D eigenvalue weighted by Crippen LogP contribution is 2.16. The first kappa shape index (κ1) is 10.9. The second-order valence-electron chi connectivity index (χ2n) is 3.49. The van der Waals surface area contributed by atoms with Crippen LogP contribution in [0.15, 0.2) is 0 Å². The van der Waals surface area contributed by atoms with Gasteiger partial charge in [0.05, 0.1) is 17.1 Å². The molecule has 0 fully saturated rings. The van der Waals surface area contributed by atoms with Crippen LogP contribution in [0.5, 0.6) is 0 Å². The van der Waals surface area contributed by atoms with E-state index in [1.54, 1.807) is 20.8 Å². The van der Waals surface area contributed by atoms with E-state index in [4.69, 9.17) is 0 Å². The average molecular weight is 179 g/mol. The minimum Gasteiger partial charge on any atom is -0.237 e. The molecule has 67 valence electrons. The van der Waals surface area contributed by atoms with Gasteiger partial charge in [-0.1, -0.05) is 0 Å². The molecule has 0 aromatic rings.